The van der Waals surface area contributed by atoms with Crippen LogP contribution < -0.4 is 0 Å². The van der Waals surface area contributed by atoms with Crippen molar-refractivity contribution >= 4 is 0 Å². The van der Waals surface area contributed by atoms with Crippen LogP contribution in [0.25, 0.3) is 0 Å². The average Bonchev–Trinajstić information content (AvgIpc) is 2.34. The van der Waals surface area contributed by atoms with Crippen LogP contribution in [0.1, 0.15) is 0 Å². The first-order valence-electron chi connectivity index (χ1n) is 5.48. The molecular formula is C10H20NO5Zn-. The maximum Gasteiger partial charge on any atom is 0.0700 e. The zero-order valence-electron chi connectivity index (χ0n) is 10.1. The molecule has 0 aliphatic carbocycles. The van der Waals surface area contributed by atoms with Crippen molar-refractivity contribution in [1.82, 2.24) is 4.90 Å². The van der Waals surface area contributed by atoms with Crippen molar-refractivity contribution in [3.05, 3.63) is 6.23 Å². The van der Waals surface area contributed by atoms with E-state index in [0.717, 1.165) is 0 Å². The van der Waals surface area contributed by atoms with E-state index in [4.69, 9.17) is 19.3 Å². The Kier molecular flexibility index (Phi) is 11.7. The molecule has 98 valence electrons. The molecule has 0 unspecified atom stereocenters. The summed E-state index contributed by atoms with van der Waals surface area (Å²) in [6.45, 7) is 4.07. The van der Waals surface area contributed by atoms with Gasteiger partial charge >= 0.3 is 0 Å². The van der Waals surface area contributed by atoms with Crippen LogP contribution in [-0.4, -0.2) is 74.5 Å². The fourth-order valence-electron chi connectivity index (χ4n) is 1.36. The number of hydrogen-bond acceptors (Lipinski definition) is 6. The second-order valence-corrected chi connectivity index (χ2v) is 3.40. The molecule has 0 aromatic carbocycles. The quantitative estimate of drug-likeness (QED) is 0.347. The Hall–Kier alpha value is 0.383. The Balaban J connectivity index is 0.00000256. The first kappa shape index (κ1) is 17.4. The molecule has 1 aliphatic heterocycles. The van der Waals surface area contributed by atoms with Gasteiger partial charge in [-0.1, -0.05) is 0 Å². The van der Waals surface area contributed by atoms with Crippen molar-refractivity contribution in [2.75, 3.05) is 59.3 Å². The third-order valence-electron chi connectivity index (χ3n) is 2.21. The van der Waals surface area contributed by atoms with Crippen molar-refractivity contribution in [2.45, 2.75) is 0 Å². The molecule has 1 rings (SSSR count). The maximum absolute atomic E-state index is 9.66. The van der Waals surface area contributed by atoms with E-state index in [1.807, 2.05) is 4.90 Å². The number of aliphatic hydroxyl groups is 2. The Labute approximate surface area is 115 Å². The predicted molar refractivity (Wildman–Crippen MR) is 56.3 cm³/mol. The number of morpholine rings is 1. The molecule has 7 heteroatoms. The average molecular weight is 300 g/mol. The van der Waals surface area contributed by atoms with Gasteiger partial charge in [0.25, 0.3) is 0 Å². The Bertz CT molecular complexity index is 169. The largest absolute Gasteiger partial charge is 0.546 e. The molecule has 1 heterocycles. The molecule has 0 atom stereocenters. The summed E-state index contributed by atoms with van der Waals surface area (Å²) >= 11 is 0. The molecule has 1 saturated heterocycles. The molecule has 0 aromatic heterocycles. The molecule has 2 N–H and O–H groups in total. The summed E-state index contributed by atoms with van der Waals surface area (Å²) in [5.41, 5.74) is 0. The fourth-order valence-corrected chi connectivity index (χ4v) is 1.36. The van der Waals surface area contributed by atoms with Crippen LogP contribution in [0.2, 0.25) is 0 Å². The van der Waals surface area contributed by atoms with Gasteiger partial charge in [-0.25, -0.2) is 0 Å². The van der Waals surface area contributed by atoms with Gasteiger partial charge in [-0.05, 0) is 19.7 Å². The van der Waals surface area contributed by atoms with Crippen LogP contribution in [0, 0.1) is 6.23 Å². The maximum atomic E-state index is 9.66. The van der Waals surface area contributed by atoms with Gasteiger partial charge in [0.1, 0.15) is 0 Å². The topological polar surface area (TPSA) is 71.4 Å². The molecule has 0 saturated carbocycles. The summed E-state index contributed by atoms with van der Waals surface area (Å²) in [7, 11) is 0. The van der Waals surface area contributed by atoms with Gasteiger partial charge in [0, 0.05) is 19.5 Å². The van der Waals surface area contributed by atoms with Crippen molar-refractivity contribution in [1.29, 1.82) is 0 Å². The minimum atomic E-state index is 0. The molecular weight excluding hydrogens is 280 g/mol. The third kappa shape index (κ3) is 8.16. The Morgan fingerprint density at radius 1 is 1.12 bits per heavy atom. The summed E-state index contributed by atoms with van der Waals surface area (Å²) in [5, 5.41) is 18.1. The zero-order chi connectivity index (χ0) is 11.6. The molecule has 1 fully saturated rings. The third-order valence-corrected chi connectivity index (χ3v) is 2.21. The minimum absolute atomic E-state index is 0. The Morgan fingerprint density at radius 3 is 2.41 bits per heavy atom. The van der Waals surface area contributed by atoms with Crippen molar-refractivity contribution in [2.24, 2.45) is 0 Å². The van der Waals surface area contributed by atoms with Crippen LogP contribution in [0.15, 0.2) is 0 Å². The van der Waals surface area contributed by atoms with Gasteiger partial charge in [0.2, 0.25) is 0 Å². The van der Waals surface area contributed by atoms with Gasteiger partial charge in [0.05, 0.1) is 39.6 Å². The van der Waals surface area contributed by atoms with Gasteiger partial charge in [-0.15, -0.1) is 6.23 Å². The smallest absolute Gasteiger partial charge is 0.0700 e. The van der Waals surface area contributed by atoms with E-state index in [1.54, 1.807) is 0 Å². The number of hydrogen-bond donors (Lipinski definition) is 2. The van der Waals surface area contributed by atoms with Crippen LogP contribution in [0.3, 0.4) is 0 Å². The fraction of sp³-hybridized carbons (Fsp3) is 0.900. The SMILES string of the molecule is OCCOCCOC[C-](O)N1CCOCC1.[Zn]. The van der Waals surface area contributed by atoms with Crippen LogP contribution in [-0.2, 0) is 33.7 Å². The van der Waals surface area contributed by atoms with Gasteiger partial charge < -0.3 is 29.3 Å². The molecule has 6 nitrogen and oxygen atoms in total. The molecule has 17 heavy (non-hydrogen) atoms. The van der Waals surface area contributed by atoms with E-state index in [0.29, 0.717) is 46.1 Å². The summed E-state index contributed by atoms with van der Waals surface area (Å²) in [6, 6.07) is 0. The monoisotopic (exact) mass is 298 g/mol. The summed E-state index contributed by atoms with van der Waals surface area (Å²) in [5.74, 6) is 0. The van der Waals surface area contributed by atoms with E-state index >= 15 is 0 Å². The second kappa shape index (κ2) is 11.5. The van der Waals surface area contributed by atoms with Crippen molar-refractivity contribution in [3.63, 3.8) is 0 Å². The Morgan fingerprint density at radius 2 is 1.76 bits per heavy atom. The molecule has 0 radical (unpaired) electrons. The van der Waals surface area contributed by atoms with E-state index in [1.165, 1.54) is 0 Å². The van der Waals surface area contributed by atoms with E-state index in [-0.39, 0.29) is 38.9 Å². The number of nitrogens with zero attached hydrogens (tertiary/aromatic N) is 1. The van der Waals surface area contributed by atoms with E-state index in [9.17, 15) is 5.11 Å². The predicted octanol–water partition coefficient (Wildman–Crippen LogP) is -0.796. The van der Waals surface area contributed by atoms with E-state index in [2.05, 4.69) is 0 Å². The molecule has 0 amide bonds. The molecule has 0 aromatic rings. The second-order valence-electron chi connectivity index (χ2n) is 3.40. The molecule has 0 spiro atoms. The van der Waals surface area contributed by atoms with Gasteiger partial charge in [-0.3, -0.25) is 0 Å². The van der Waals surface area contributed by atoms with Gasteiger partial charge in [-0.2, -0.15) is 0 Å². The van der Waals surface area contributed by atoms with Crippen LogP contribution >= 0.6 is 0 Å². The number of rotatable bonds is 8. The van der Waals surface area contributed by atoms with Crippen molar-refractivity contribution in [3.8, 4) is 0 Å². The minimum Gasteiger partial charge on any atom is -0.546 e. The first-order valence-corrected chi connectivity index (χ1v) is 5.48. The number of ether oxygens (including phenoxy) is 3. The summed E-state index contributed by atoms with van der Waals surface area (Å²) in [6.07, 6.45) is 0.241. The number of aliphatic hydroxyl groups excluding tert-OH is 2. The van der Waals surface area contributed by atoms with Gasteiger partial charge in [0.15, 0.2) is 0 Å². The normalized spacial score (nSPS) is 17.1. The van der Waals surface area contributed by atoms with Crippen LogP contribution in [0.5, 0.6) is 0 Å². The first-order chi connectivity index (χ1) is 7.84. The van der Waals surface area contributed by atoms with E-state index < -0.39 is 0 Å². The molecule has 1 aliphatic rings. The summed E-state index contributed by atoms with van der Waals surface area (Å²) in [4.78, 5) is 1.85. The van der Waals surface area contributed by atoms with Crippen LogP contribution in [0.4, 0.5) is 0 Å². The summed E-state index contributed by atoms with van der Waals surface area (Å²) < 4.78 is 15.4. The zero-order valence-corrected chi connectivity index (χ0v) is 13.1. The molecule has 0 bridgehead atoms. The van der Waals surface area contributed by atoms with Crippen molar-refractivity contribution < 1.29 is 43.9 Å². The standard InChI is InChI=1S/C10H20NO5.Zn/c12-3-6-15-7-8-16-9-10(13)11-1-4-14-5-2-11;/h12-13H,1-9H2;/q-1;.